The molecule has 0 unspecified atom stereocenters. The smallest absolute Gasteiger partial charge is 0.339 e. The quantitative estimate of drug-likeness (QED) is 0.682. The molecule has 6 nitrogen and oxygen atoms in total. The standard InChI is InChI=1S/C19H20F2N2O4S/c1-13(2)12-22-9-10-23(19(22)24)14-3-6-16(7-4-14)28(25,26)27-15-5-8-17(20)18(21)11-15/h3-8,11,13H,9-10,12H2,1-2H3. The fourth-order valence-electron chi connectivity index (χ4n) is 2.93. The summed E-state index contributed by atoms with van der Waals surface area (Å²) >= 11 is 0. The highest BCUT2D eigenvalue weighted by atomic mass is 32.2. The van der Waals surface area contributed by atoms with E-state index in [1.54, 1.807) is 9.80 Å². The van der Waals surface area contributed by atoms with Crippen LogP contribution in [0.2, 0.25) is 0 Å². The molecule has 28 heavy (non-hydrogen) atoms. The third-order valence-electron chi connectivity index (χ3n) is 4.21. The van der Waals surface area contributed by atoms with Crippen molar-refractivity contribution in [1.29, 1.82) is 0 Å². The highest BCUT2D eigenvalue weighted by Gasteiger charge is 2.30. The van der Waals surface area contributed by atoms with E-state index in [2.05, 4.69) is 0 Å². The molecule has 2 amide bonds. The number of halogens is 2. The van der Waals surface area contributed by atoms with Crippen molar-refractivity contribution in [3.63, 3.8) is 0 Å². The van der Waals surface area contributed by atoms with E-state index in [-0.39, 0.29) is 16.7 Å². The molecule has 0 N–H and O–H groups in total. The van der Waals surface area contributed by atoms with Gasteiger partial charge < -0.3 is 9.08 Å². The lowest BCUT2D eigenvalue weighted by Crippen LogP contribution is -2.34. The monoisotopic (exact) mass is 410 g/mol. The Hall–Kier alpha value is -2.68. The first kappa shape index (κ1) is 20.1. The fraction of sp³-hybridized carbons (Fsp3) is 0.316. The molecule has 3 rings (SSSR count). The van der Waals surface area contributed by atoms with Gasteiger partial charge in [0.15, 0.2) is 11.6 Å². The molecule has 0 bridgehead atoms. The van der Waals surface area contributed by atoms with Crippen LogP contribution in [0.15, 0.2) is 47.4 Å². The van der Waals surface area contributed by atoms with Crippen molar-refractivity contribution in [2.45, 2.75) is 18.7 Å². The van der Waals surface area contributed by atoms with Crippen molar-refractivity contribution in [2.24, 2.45) is 5.92 Å². The molecule has 1 aliphatic heterocycles. The van der Waals surface area contributed by atoms with Gasteiger partial charge in [-0.25, -0.2) is 13.6 Å². The maximum absolute atomic E-state index is 13.2. The van der Waals surface area contributed by atoms with Crippen LogP contribution in [-0.2, 0) is 10.1 Å². The second-order valence-electron chi connectivity index (χ2n) is 6.88. The third kappa shape index (κ3) is 4.24. The summed E-state index contributed by atoms with van der Waals surface area (Å²) in [6, 6.07) is 7.99. The summed E-state index contributed by atoms with van der Waals surface area (Å²) < 4.78 is 55.7. The van der Waals surface area contributed by atoms with Gasteiger partial charge in [0, 0.05) is 31.4 Å². The topological polar surface area (TPSA) is 66.9 Å². The number of hydrogen-bond acceptors (Lipinski definition) is 4. The Morgan fingerprint density at radius 2 is 1.71 bits per heavy atom. The van der Waals surface area contributed by atoms with E-state index >= 15 is 0 Å². The number of carbonyl (C=O) groups excluding carboxylic acids is 1. The maximum atomic E-state index is 13.2. The van der Waals surface area contributed by atoms with Gasteiger partial charge >= 0.3 is 16.1 Å². The van der Waals surface area contributed by atoms with E-state index < -0.39 is 21.8 Å². The van der Waals surface area contributed by atoms with Crippen LogP contribution in [0.5, 0.6) is 5.75 Å². The van der Waals surface area contributed by atoms with E-state index in [1.807, 2.05) is 13.8 Å². The molecule has 9 heteroatoms. The van der Waals surface area contributed by atoms with Crippen molar-refractivity contribution in [1.82, 2.24) is 4.90 Å². The predicted molar refractivity (Wildman–Crippen MR) is 99.8 cm³/mol. The Balaban J connectivity index is 1.74. The Morgan fingerprint density at radius 1 is 1.04 bits per heavy atom. The lowest BCUT2D eigenvalue weighted by Gasteiger charge is -2.20. The average Bonchev–Trinajstić information content (AvgIpc) is 2.98. The average molecular weight is 410 g/mol. The van der Waals surface area contributed by atoms with Gasteiger partial charge in [0.2, 0.25) is 0 Å². The second-order valence-corrected chi connectivity index (χ2v) is 8.43. The van der Waals surface area contributed by atoms with Crippen molar-refractivity contribution in [2.75, 3.05) is 24.5 Å². The number of benzene rings is 2. The summed E-state index contributed by atoms with van der Waals surface area (Å²) in [5, 5.41) is 0. The molecule has 0 saturated carbocycles. The number of carbonyl (C=O) groups is 1. The molecule has 0 spiro atoms. The SMILES string of the molecule is CC(C)CN1CCN(c2ccc(S(=O)(=O)Oc3ccc(F)c(F)c3)cc2)C1=O. The van der Waals surface area contributed by atoms with Gasteiger partial charge in [-0.3, -0.25) is 4.90 Å². The first-order valence-electron chi connectivity index (χ1n) is 8.73. The Kier molecular flexibility index (Phi) is 5.55. The van der Waals surface area contributed by atoms with E-state index in [9.17, 15) is 22.0 Å². The Morgan fingerprint density at radius 3 is 2.32 bits per heavy atom. The van der Waals surface area contributed by atoms with E-state index in [1.165, 1.54) is 24.3 Å². The summed E-state index contributed by atoms with van der Waals surface area (Å²) in [6.07, 6.45) is 0. The summed E-state index contributed by atoms with van der Waals surface area (Å²) in [5.41, 5.74) is 0.572. The lowest BCUT2D eigenvalue weighted by molar-refractivity contribution is 0.215. The molecule has 2 aromatic rings. The molecule has 1 saturated heterocycles. The molecule has 0 atom stereocenters. The molecule has 1 fully saturated rings. The molecule has 2 aromatic carbocycles. The number of urea groups is 1. The minimum absolute atomic E-state index is 0.123. The Labute approximate surface area is 162 Å². The third-order valence-corrected chi connectivity index (χ3v) is 5.48. The minimum atomic E-state index is -4.23. The molecule has 0 radical (unpaired) electrons. The number of hydrogen-bond donors (Lipinski definition) is 0. The fourth-order valence-corrected chi connectivity index (χ4v) is 3.85. The maximum Gasteiger partial charge on any atom is 0.339 e. The molecule has 150 valence electrons. The predicted octanol–water partition coefficient (Wildman–Crippen LogP) is 3.63. The van der Waals surface area contributed by atoms with Gasteiger partial charge in [-0.2, -0.15) is 8.42 Å². The summed E-state index contributed by atoms with van der Waals surface area (Å²) in [5.74, 6) is -2.29. The molecule has 1 aliphatic rings. The van der Waals surface area contributed by atoms with Gasteiger partial charge in [-0.15, -0.1) is 0 Å². The normalized spacial score (nSPS) is 14.8. The van der Waals surface area contributed by atoms with Crippen LogP contribution >= 0.6 is 0 Å². The van der Waals surface area contributed by atoms with Gasteiger partial charge in [0.1, 0.15) is 10.6 Å². The largest absolute Gasteiger partial charge is 0.379 e. The van der Waals surface area contributed by atoms with Crippen LogP contribution in [0.3, 0.4) is 0 Å². The van der Waals surface area contributed by atoms with Crippen LogP contribution < -0.4 is 9.08 Å². The van der Waals surface area contributed by atoms with E-state index in [0.717, 1.165) is 12.1 Å². The molecule has 0 aliphatic carbocycles. The first-order chi connectivity index (χ1) is 13.2. The van der Waals surface area contributed by atoms with Crippen LogP contribution in [0.25, 0.3) is 0 Å². The summed E-state index contributed by atoms with van der Waals surface area (Å²) in [4.78, 5) is 15.6. The first-order valence-corrected chi connectivity index (χ1v) is 10.1. The van der Waals surface area contributed by atoms with Crippen molar-refractivity contribution in [3.8, 4) is 5.75 Å². The summed E-state index contributed by atoms with van der Waals surface area (Å²) in [6.45, 7) is 5.84. The zero-order valence-corrected chi connectivity index (χ0v) is 16.2. The van der Waals surface area contributed by atoms with Crippen LogP contribution in [0.1, 0.15) is 13.8 Å². The van der Waals surface area contributed by atoms with Gasteiger partial charge in [0.25, 0.3) is 0 Å². The molecule has 0 aromatic heterocycles. The van der Waals surface area contributed by atoms with Gasteiger partial charge in [-0.05, 0) is 42.3 Å². The van der Waals surface area contributed by atoms with Crippen LogP contribution in [0, 0.1) is 17.6 Å². The van der Waals surface area contributed by atoms with Crippen LogP contribution in [-0.4, -0.2) is 39.0 Å². The van der Waals surface area contributed by atoms with Crippen molar-refractivity contribution >= 4 is 21.8 Å². The lowest BCUT2D eigenvalue weighted by atomic mass is 10.2. The summed E-state index contributed by atoms with van der Waals surface area (Å²) in [7, 11) is -4.23. The number of rotatable bonds is 6. The number of amides is 2. The van der Waals surface area contributed by atoms with Crippen LogP contribution in [0.4, 0.5) is 19.3 Å². The van der Waals surface area contributed by atoms with Gasteiger partial charge in [-0.1, -0.05) is 13.8 Å². The molecular weight excluding hydrogens is 390 g/mol. The highest BCUT2D eigenvalue weighted by molar-refractivity contribution is 7.87. The zero-order chi connectivity index (χ0) is 20.5. The van der Waals surface area contributed by atoms with Crippen molar-refractivity contribution in [3.05, 3.63) is 54.1 Å². The van der Waals surface area contributed by atoms with E-state index in [0.29, 0.717) is 37.3 Å². The number of nitrogens with zero attached hydrogens (tertiary/aromatic N) is 2. The zero-order valence-electron chi connectivity index (χ0n) is 15.4. The van der Waals surface area contributed by atoms with Gasteiger partial charge in [0.05, 0.1) is 0 Å². The van der Waals surface area contributed by atoms with Crippen molar-refractivity contribution < 1.29 is 26.2 Å². The molecule has 1 heterocycles. The molecular formula is C19H20F2N2O4S. The minimum Gasteiger partial charge on any atom is -0.379 e. The Bertz CT molecular complexity index is 978. The second kappa shape index (κ2) is 7.75. The van der Waals surface area contributed by atoms with E-state index in [4.69, 9.17) is 4.18 Å². The number of anilines is 1. The highest BCUT2D eigenvalue weighted by Crippen LogP contribution is 2.25.